The summed E-state index contributed by atoms with van der Waals surface area (Å²) >= 11 is 2.89. The van der Waals surface area contributed by atoms with Crippen LogP contribution in [0.15, 0.2) is 22.7 Å². The smallest absolute Gasteiger partial charge is 0.384 e. The van der Waals surface area contributed by atoms with Gasteiger partial charge >= 0.3 is 6.18 Å². The van der Waals surface area contributed by atoms with Crippen molar-refractivity contribution in [3.63, 3.8) is 0 Å². The maximum Gasteiger partial charge on any atom is 0.417 e. The van der Waals surface area contributed by atoms with Crippen LogP contribution in [0.3, 0.4) is 0 Å². The van der Waals surface area contributed by atoms with Crippen LogP contribution in [0.25, 0.3) is 0 Å². The fourth-order valence-electron chi connectivity index (χ4n) is 1.25. The Morgan fingerprint density at radius 2 is 2.06 bits per heavy atom. The Balaban J connectivity index is 2.78. The molecule has 1 N–H and O–H groups in total. The molecule has 92 valence electrons. The molecule has 0 atom stereocenters. The number of rotatable bonds is 3. The minimum absolute atomic E-state index is 0.0453. The van der Waals surface area contributed by atoms with Gasteiger partial charge in [-0.25, -0.2) is 0 Å². The van der Waals surface area contributed by atoms with E-state index in [0.717, 1.165) is 6.07 Å². The normalized spacial score (nSPS) is 10.6. The predicted molar refractivity (Wildman–Crippen MR) is 65.7 cm³/mol. The standard InChI is InChI=1S/C12H11BrF3N/c1-2-3-4-7-17-9-5-6-11(13)10(8-9)12(14,15)16/h5-6,8,17H,4,7H2,1H3. The summed E-state index contributed by atoms with van der Waals surface area (Å²) in [6, 6.07) is 4.07. The van der Waals surface area contributed by atoms with Gasteiger partial charge in [0.25, 0.3) is 0 Å². The summed E-state index contributed by atoms with van der Waals surface area (Å²) in [5.41, 5.74) is -0.234. The molecule has 0 unspecified atom stereocenters. The minimum atomic E-state index is -4.35. The Bertz CT molecular complexity index is 443. The summed E-state index contributed by atoms with van der Waals surface area (Å²) in [6.45, 7) is 2.25. The van der Waals surface area contributed by atoms with E-state index in [0.29, 0.717) is 18.7 Å². The molecule has 0 saturated heterocycles. The number of benzene rings is 1. The molecule has 0 radical (unpaired) electrons. The topological polar surface area (TPSA) is 12.0 Å². The van der Waals surface area contributed by atoms with Gasteiger partial charge in [-0.15, -0.1) is 11.8 Å². The maximum absolute atomic E-state index is 12.6. The van der Waals surface area contributed by atoms with E-state index >= 15 is 0 Å². The molecule has 1 aromatic rings. The van der Waals surface area contributed by atoms with Crippen LogP contribution >= 0.6 is 15.9 Å². The number of hydrogen-bond donors (Lipinski definition) is 1. The van der Waals surface area contributed by atoms with E-state index in [2.05, 4.69) is 33.1 Å². The Morgan fingerprint density at radius 1 is 1.35 bits per heavy atom. The SMILES string of the molecule is CC#CCCNc1ccc(Br)c(C(F)(F)F)c1. The van der Waals surface area contributed by atoms with Gasteiger partial charge in [-0.05, 0) is 25.1 Å². The Hall–Kier alpha value is -1.15. The van der Waals surface area contributed by atoms with Crippen molar-refractivity contribution in [1.82, 2.24) is 0 Å². The number of halogens is 4. The molecule has 5 heteroatoms. The molecule has 0 aliphatic rings. The minimum Gasteiger partial charge on any atom is -0.384 e. The summed E-state index contributed by atoms with van der Waals surface area (Å²) in [4.78, 5) is 0. The monoisotopic (exact) mass is 305 g/mol. The largest absolute Gasteiger partial charge is 0.417 e. The van der Waals surface area contributed by atoms with Crippen molar-refractivity contribution in [1.29, 1.82) is 0 Å². The highest BCUT2D eigenvalue weighted by Gasteiger charge is 2.33. The van der Waals surface area contributed by atoms with Gasteiger partial charge in [0.15, 0.2) is 0 Å². The average Bonchev–Trinajstić information content (AvgIpc) is 2.25. The van der Waals surface area contributed by atoms with Crippen LogP contribution in [0.1, 0.15) is 18.9 Å². The van der Waals surface area contributed by atoms with Crippen molar-refractivity contribution in [3.8, 4) is 11.8 Å². The van der Waals surface area contributed by atoms with E-state index in [9.17, 15) is 13.2 Å². The highest BCUT2D eigenvalue weighted by Crippen LogP contribution is 2.36. The maximum atomic E-state index is 12.6. The van der Waals surface area contributed by atoms with Gasteiger partial charge < -0.3 is 5.32 Å². The fraction of sp³-hybridized carbons (Fsp3) is 0.333. The summed E-state index contributed by atoms with van der Waals surface area (Å²) in [7, 11) is 0. The Morgan fingerprint density at radius 3 is 2.65 bits per heavy atom. The van der Waals surface area contributed by atoms with Gasteiger partial charge in [-0.2, -0.15) is 13.2 Å². The molecule has 0 aromatic heterocycles. The van der Waals surface area contributed by atoms with Crippen molar-refractivity contribution in [3.05, 3.63) is 28.2 Å². The highest BCUT2D eigenvalue weighted by atomic mass is 79.9. The van der Waals surface area contributed by atoms with E-state index in [-0.39, 0.29) is 4.47 Å². The second kappa shape index (κ2) is 5.97. The second-order valence-corrected chi connectivity index (χ2v) is 4.15. The van der Waals surface area contributed by atoms with Crippen LogP contribution in [0, 0.1) is 11.8 Å². The molecule has 1 aromatic carbocycles. The lowest BCUT2D eigenvalue weighted by Crippen LogP contribution is -2.08. The van der Waals surface area contributed by atoms with Gasteiger partial charge in [0.05, 0.1) is 5.56 Å². The third-order valence-corrected chi connectivity index (χ3v) is 2.72. The Labute approximate surface area is 107 Å². The third-order valence-electron chi connectivity index (χ3n) is 2.03. The van der Waals surface area contributed by atoms with Crippen molar-refractivity contribution < 1.29 is 13.2 Å². The summed E-state index contributed by atoms with van der Waals surface area (Å²) in [6.07, 6.45) is -3.74. The zero-order chi connectivity index (χ0) is 12.9. The zero-order valence-electron chi connectivity index (χ0n) is 9.16. The van der Waals surface area contributed by atoms with Crippen LogP contribution < -0.4 is 5.32 Å². The molecule has 0 fully saturated rings. The molecule has 17 heavy (non-hydrogen) atoms. The first-order valence-electron chi connectivity index (χ1n) is 4.95. The molecule has 0 spiro atoms. The average molecular weight is 306 g/mol. The van der Waals surface area contributed by atoms with E-state index in [1.54, 1.807) is 13.0 Å². The lowest BCUT2D eigenvalue weighted by Gasteiger charge is -2.11. The zero-order valence-corrected chi connectivity index (χ0v) is 10.7. The van der Waals surface area contributed by atoms with Gasteiger partial charge in [0.1, 0.15) is 0 Å². The first-order chi connectivity index (χ1) is 7.95. The highest BCUT2D eigenvalue weighted by molar-refractivity contribution is 9.10. The van der Waals surface area contributed by atoms with Crippen LogP contribution in [0.2, 0.25) is 0 Å². The van der Waals surface area contributed by atoms with Crippen LogP contribution in [0.5, 0.6) is 0 Å². The molecule has 0 aliphatic heterocycles. The molecule has 0 heterocycles. The lowest BCUT2D eigenvalue weighted by atomic mass is 10.2. The molecule has 0 bridgehead atoms. The Kier molecular flexibility index (Phi) is 4.88. The quantitative estimate of drug-likeness (QED) is 0.649. The first kappa shape index (κ1) is 13.9. The van der Waals surface area contributed by atoms with Gasteiger partial charge in [0, 0.05) is 23.1 Å². The lowest BCUT2D eigenvalue weighted by molar-refractivity contribution is -0.138. The van der Waals surface area contributed by atoms with Crippen molar-refractivity contribution in [2.45, 2.75) is 19.5 Å². The van der Waals surface area contributed by atoms with Crippen LogP contribution in [-0.4, -0.2) is 6.54 Å². The summed E-state index contributed by atoms with van der Waals surface area (Å²) < 4.78 is 37.8. The van der Waals surface area contributed by atoms with Gasteiger partial charge in [-0.3, -0.25) is 0 Å². The van der Waals surface area contributed by atoms with Crippen molar-refractivity contribution >= 4 is 21.6 Å². The van der Waals surface area contributed by atoms with E-state index in [1.807, 2.05) is 0 Å². The number of nitrogens with one attached hydrogen (secondary N) is 1. The van der Waals surface area contributed by atoms with E-state index in [1.165, 1.54) is 6.07 Å². The van der Waals surface area contributed by atoms with E-state index < -0.39 is 11.7 Å². The second-order valence-electron chi connectivity index (χ2n) is 3.30. The fourth-order valence-corrected chi connectivity index (χ4v) is 1.72. The molecule has 1 rings (SSSR count). The number of alkyl halides is 3. The molecule has 0 saturated carbocycles. The summed E-state index contributed by atoms with van der Waals surface area (Å²) in [5.74, 6) is 5.55. The molecular formula is C12H11BrF3N. The molecule has 1 nitrogen and oxygen atoms in total. The first-order valence-corrected chi connectivity index (χ1v) is 5.74. The van der Waals surface area contributed by atoms with Gasteiger partial charge in [0.2, 0.25) is 0 Å². The van der Waals surface area contributed by atoms with Crippen molar-refractivity contribution in [2.24, 2.45) is 0 Å². The number of hydrogen-bond acceptors (Lipinski definition) is 1. The molecule has 0 amide bonds. The third kappa shape index (κ3) is 4.31. The van der Waals surface area contributed by atoms with Crippen LogP contribution in [-0.2, 0) is 6.18 Å². The van der Waals surface area contributed by atoms with Gasteiger partial charge in [-0.1, -0.05) is 15.9 Å². The number of anilines is 1. The predicted octanol–water partition coefficient (Wildman–Crippen LogP) is 4.29. The molecule has 0 aliphatic carbocycles. The molecular weight excluding hydrogens is 295 g/mol. The summed E-state index contributed by atoms with van der Waals surface area (Å²) in [5, 5.41) is 2.90. The van der Waals surface area contributed by atoms with Crippen LogP contribution in [0.4, 0.5) is 18.9 Å². The van der Waals surface area contributed by atoms with E-state index in [4.69, 9.17) is 0 Å². The van der Waals surface area contributed by atoms with Crippen molar-refractivity contribution in [2.75, 3.05) is 11.9 Å².